The zero-order chi connectivity index (χ0) is 15.8. The van der Waals surface area contributed by atoms with Gasteiger partial charge in [0, 0.05) is 25.3 Å². The van der Waals surface area contributed by atoms with E-state index in [1.165, 1.54) is 0 Å². The van der Waals surface area contributed by atoms with Crippen LogP contribution in [0.2, 0.25) is 0 Å². The summed E-state index contributed by atoms with van der Waals surface area (Å²) in [5.41, 5.74) is 2.14. The molecular weight excluding hydrogens is 268 g/mol. The van der Waals surface area contributed by atoms with Gasteiger partial charge in [-0.05, 0) is 32.3 Å². The maximum absolute atomic E-state index is 11.6. The molecule has 0 aliphatic heterocycles. The summed E-state index contributed by atoms with van der Waals surface area (Å²) in [6.07, 6.45) is 1.14. The van der Waals surface area contributed by atoms with Crippen molar-refractivity contribution in [3.63, 3.8) is 0 Å². The molecule has 0 saturated carbocycles. The Morgan fingerprint density at radius 3 is 2.62 bits per heavy atom. The average Bonchev–Trinajstić information content (AvgIpc) is 2.72. The fraction of sp³-hybridized carbons (Fsp3) is 0.733. The third kappa shape index (κ3) is 6.62. The Labute approximate surface area is 126 Å². The number of hydrogen-bond donors (Lipinski definition) is 3. The normalized spacial score (nSPS) is 13.8. The van der Waals surface area contributed by atoms with Crippen molar-refractivity contribution in [3.05, 3.63) is 17.5 Å². The van der Waals surface area contributed by atoms with Crippen molar-refractivity contribution in [2.45, 2.75) is 53.2 Å². The van der Waals surface area contributed by atoms with Crippen molar-refractivity contribution < 1.29 is 9.90 Å². The minimum absolute atomic E-state index is 0.231. The molecule has 0 aromatic carbocycles. The minimum atomic E-state index is -0.465. The number of aromatic nitrogens is 2. The van der Waals surface area contributed by atoms with E-state index in [0.717, 1.165) is 24.4 Å². The maximum atomic E-state index is 11.6. The Bertz CT molecular complexity index is 445. The van der Waals surface area contributed by atoms with E-state index >= 15 is 0 Å². The molecule has 1 heterocycles. The van der Waals surface area contributed by atoms with Crippen LogP contribution >= 0.6 is 0 Å². The van der Waals surface area contributed by atoms with Gasteiger partial charge in [0.2, 0.25) is 0 Å². The number of carbonyl (C=O) groups excluding carboxylic acids is 1. The number of amides is 2. The highest BCUT2D eigenvalue weighted by Crippen LogP contribution is 2.05. The van der Waals surface area contributed by atoms with E-state index < -0.39 is 6.10 Å². The van der Waals surface area contributed by atoms with Gasteiger partial charge < -0.3 is 15.7 Å². The van der Waals surface area contributed by atoms with Crippen LogP contribution in [-0.4, -0.2) is 40.1 Å². The summed E-state index contributed by atoms with van der Waals surface area (Å²) >= 11 is 0. The Balaban J connectivity index is 2.24. The monoisotopic (exact) mass is 296 g/mol. The van der Waals surface area contributed by atoms with E-state index in [-0.39, 0.29) is 11.9 Å². The quantitative estimate of drug-likeness (QED) is 0.681. The van der Waals surface area contributed by atoms with Crippen LogP contribution in [0.15, 0.2) is 6.07 Å². The van der Waals surface area contributed by atoms with E-state index in [0.29, 0.717) is 19.5 Å². The molecule has 0 fully saturated rings. The van der Waals surface area contributed by atoms with Crippen LogP contribution in [0.4, 0.5) is 4.79 Å². The first-order valence-corrected chi connectivity index (χ1v) is 7.63. The van der Waals surface area contributed by atoms with Crippen molar-refractivity contribution in [3.8, 4) is 0 Å². The summed E-state index contributed by atoms with van der Waals surface area (Å²) in [4.78, 5) is 11.6. The summed E-state index contributed by atoms with van der Waals surface area (Å²) < 4.78 is 1.96. The molecule has 2 atom stereocenters. The molecule has 3 N–H and O–H groups in total. The molecule has 1 aromatic heterocycles. The van der Waals surface area contributed by atoms with Gasteiger partial charge in [-0.15, -0.1) is 0 Å². The topological polar surface area (TPSA) is 79.2 Å². The van der Waals surface area contributed by atoms with Gasteiger partial charge in [-0.3, -0.25) is 4.68 Å². The van der Waals surface area contributed by atoms with Gasteiger partial charge in [0.1, 0.15) is 0 Å². The number of nitrogens with one attached hydrogen (secondary N) is 2. The number of aryl methyl sites for hydroxylation is 2. The lowest BCUT2D eigenvalue weighted by Gasteiger charge is -2.15. The second-order valence-corrected chi connectivity index (χ2v) is 5.75. The van der Waals surface area contributed by atoms with Crippen LogP contribution in [-0.2, 0) is 6.54 Å². The Morgan fingerprint density at radius 2 is 2.05 bits per heavy atom. The lowest BCUT2D eigenvalue weighted by molar-refractivity contribution is 0.160. The predicted octanol–water partition coefficient (Wildman–Crippen LogP) is 1.60. The highest BCUT2D eigenvalue weighted by molar-refractivity contribution is 5.73. The first-order chi connectivity index (χ1) is 9.92. The van der Waals surface area contributed by atoms with Gasteiger partial charge in [-0.1, -0.05) is 20.3 Å². The van der Waals surface area contributed by atoms with Crippen molar-refractivity contribution in [2.24, 2.45) is 5.92 Å². The second-order valence-electron chi connectivity index (χ2n) is 5.75. The summed E-state index contributed by atoms with van der Waals surface area (Å²) in [6.45, 7) is 9.73. The number of hydrogen-bond acceptors (Lipinski definition) is 3. The predicted molar refractivity (Wildman–Crippen MR) is 83.2 cm³/mol. The molecule has 2 amide bonds. The number of rotatable bonds is 8. The molecule has 0 aliphatic carbocycles. The molecule has 0 spiro atoms. The highest BCUT2D eigenvalue weighted by atomic mass is 16.3. The number of nitrogens with zero attached hydrogens (tertiary/aromatic N) is 2. The standard InChI is InChI=1S/C15H28N4O2/c1-5-6-14(20)9-17-15(21)16-8-11(2)10-19-13(4)7-12(3)18-19/h7,11,14,20H,5-6,8-10H2,1-4H3,(H2,16,17,21). The third-order valence-electron chi connectivity index (χ3n) is 3.32. The van der Waals surface area contributed by atoms with Gasteiger partial charge >= 0.3 is 6.03 Å². The van der Waals surface area contributed by atoms with Crippen LogP contribution in [0.3, 0.4) is 0 Å². The van der Waals surface area contributed by atoms with E-state index in [1.54, 1.807) is 0 Å². The molecule has 1 aromatic rings. The molecule has 1 rings (SSSR count). The Morgan fingerprint density at radius 1 is 1.38 bits per heavy atom. The van der Waals surface area contributed by atoms with Crippen LogP contribution < -0.4 is 10.6 Å². The molecule has 0 bridgehead atoms. The van der Waals surface area contributed by atoms with Gasteiger partial charge in [0.15, 0.2) is 0 Å². The van der Waals surface area contributed by atoms with Crippen molar-refractivity contribution in [1.82, 2.24) is 20.4 Å². The number of urea groups is 1. The molecular formula is C15H28N4O2. The molecule has 0 radical (unpaired) electrons. The molecule has 2 unspecified atom stereocenters. The Hall–Kier alpha value is -1.56. The first-order valence-electron chi connectivity index (χ1n) is 7.63. The van der Waals surface area contributed by atoms with E-state index in [2.05, 4.69) is 22.7 Å². The van der Waals surface area contributed by atoms with Gasteiger partial charge in [0.25, 0.3) is 0 Å². The fourth-order valence-corrected chi connectivity index (χ4v) is 2.19. The lowest BCUT2D eigenvalue weighted by Crippen LogP contribution is -2.41. The largest absolute Gasteiger partial charge is 0.391 e. The van der Waals surface area contributed by atoms with Gasteiger partial charge in [-0.2, -0.15) is 5.10 Å². The zero-order valence-corrected chi connectivity index (χ0v) is 13.5. The fourth-order valence-electron chi connectivity index (χ4n) is 2.19. The molecule has 21 heavy (non-hydrogen) atoms. The van der Waals surface area contributed by atoms with E-state index in [4.69, 9.17) is 0 Å². The van der Waals surface area contributed by atoms with Crippen LogP contribution in [0.1, 0.15) is 38.1 Å². The molecule has 0 saturated heterocycles. The second kappa shape index (κ2) is 8.67. The summed E-state index contributed by atoms with van der Waals surface area (Å²) in [7, 11) is 0. The van der Waals surface area contributed by atoms with Crippen molar-refractivity contribution >= 4 is 6.03 Å². The zero-order valence-electron chi connectivity index (χ0n) is 13.5. The van der Waals surface area contributed by atoms with Crippen molar-refractivity contribution in [1.29, 1.82) is 0 Å². The number of aliphatic hydroxyl groups is 1. The molecule has 6 heteroatoms. The lowest BCUT2D eigenvalue weighted by atomic mass is 10.2. The van der Waals surface area contributed by atoms with Crippen molar-refractivity contribution in [2.75, 3.05) is 13.1 Å². The van der Waals surface area contributed by atoms with Crippen LogP contribution in [0.25, 0.3) is 0 Å². The van der Waals surface area contributed by atoms with E-state index in [1.807, 2.05) is 31.5 Å². The smallest absolute Gasteiger partial charge is 0.314 e. The SMILES string of the molecule is CCCC(O)CNC(=O)NCC(C)Cn1nc(C)cc1C. The van der Waals surface area contributed by atoms with Crippen LogP contribution in [0, 0.1) is 19.8 Å². The average molecular weight is 296 g/mol. The van der Waals surface area contributed by atoms with Gasteiger partial charge in [0.05, 0.1) is 11.8 Å². The molecule has 6 nitrogen and oxygen atoms in total. The first kappa shape index (κ1) is 17.5. The highest BCUT2D eigenvalue weighted by Gasteiger charge is 2.10. The van der Waals surface area contributed by atoms with E-state index in [9.17, 15) is 9.90 Å². The third-order valence-corrected chi connectivity index (χ3v) is 3.32. The Kier molecular flexibility index (Phi) is 7.22. The summed E-state index contributed by atoms with van der Waals surface area (Å²) in [5.74, 6) is 0.286. The summed E-state index contributed by atoms with van der Waals surface area (Å²) in [5, 5.41) is 19.5. The van der Waals surface area contributed by atoms with Crippen LogP contribution in [0.5, 0.6) is 0 Å². The molecule has 0 aliphatic rings. The van der Waals surface area contributed by atoms with Gasteiger partial charge in [-0.25, -0.2) is 4.79 Å². The maximum Gasteiger partial charge on any atom is 0.314 e. The number of aliphatic hydroxyl groups excluding tert-OH is 1. The molecule has 120 valence electrons. The number of carbonyl (C=O) groups is 1. The minimum Gasteiger partial charge on any atom is -0.391 e. The summed E-state index contributed by atoms with van der Waals surface area (Å²) in [6, 6.07) is 1.81.